The molecule has 1 saturated heterocycles. The second kappa shape index (κ2) is 2.57. The van der Waals surface area contributed by atoms with Crippen molar-refractivity contribution in [2.75, 3.05) is 0 Å². The number of ether oxygens (including phenoxy) is 2. The van der Waals surface area contributed by atoms with Crippen molar-refractivity contribution in [2.45, 2.75) is 44.5 Å². The summed E-state index contributed by atoms with van der Waals surface area (Å²) in [6.07, 6.45) is 4.98. The lowest BCUT2D eigenvalue weighted by molar-refractivity contribution is -0.150. The lowest BCUT2D eigenvalue weighted by atomic mass is 9.79. The van der Waals surface area contributed by atoms with Crippen LogP contribution in [-0.2, 0) is 14.3 Å². The predicted octanol–water partition coefficient (Wildman–Crippen LogP) is 1.36. The van der Waals surface area contributed by atoms with E-state index in [1.54, 1.807) is 0 Å². The van der Waals surface area contributed by atoms with Crippen LogP contribution in [0.25, 0.3) is 0 Å². The summed E-state index contributed by atoms with van der Waals surface area (Å²) < 4.78 is 11.1. The van der Waals surface area contributed by atoms with Gasteiger partial charge in [-0.1, -0.05) is 0 Å². The van der Waals surface area contributed by atoms with Crippen molar-refractivity contribution in [1.82, 2.24) is 0 Å². The molecule has 4 rings (SSSR count). The summed E-state index contributed by atoms with van der Waals surface area (Å²) >= 11 is 0. The van der Waals surface area contributed by atoms with Gasteiger partial charge in [0.2, 0.25) is 0 Å². The van der Waals surface area contributed by atoms with Crippen LogP contribution in [0.3, 0.4) is 0 Å². The van der Waals surface area contributed by atoms with Crippen LogP contribution in [0, 0.1) is 23.7 Å². The summed E-state index contributed by atoms with van der Waals surface area (Å²) in [4.78, 5) is 11.0. The maximum atomic E-state index is 11.0. The standard InChI is InChI=1S/C12H16O3/c1-5(13)14-9-3-6-2-8(9)11-7(6)4-10-12(11)15-10/h6-12H,2-4H2,1H3/t6-,7-,8-,9-,10+,11+,12+/m1/s1. The Bertz CT molecular complexity index is 327. The van der Waals surface area contributed by atoms with Gasteiger partial charge in [-0.3, -0.25) is 4.79 Å². The second-order valence-electron chi connectivity index (χ2n) is 5.66. The van der Waals surface area contributed by atoms with E-state index in [0.717, 1.165) is 24.2 Å². The fourth-order valence-electron chi connectivity index (χ4n) is 4.60. The summed E-state index contributed by atoms with van der Waals surface area (Å²) in [7, 11) is 0. The minimum atomic E-state index is -0.115. The normalized spacial score (nSPS) is 58.9. The van der Waals surface area contributed by atoms with Gasteiger partial charge in [0, 0.05) is 12.8 Å². The van der Waals surface area contributed by atoms with Crippen LogP contribution < -0.4 is 0 Å². The third kappa shape index (κ3) is 1.02. The molecule has 0 aromatic heterocycles. The fraction of sp³-hybridized carbons (Fsp3) is 0.917. The molecular weight excluding hydrogens is 192 g/mol. The molecule has 0 aromatic rings. The van der Waals surface area contributed by atoms with Gasteiger partial charge >= 0.3 is 5.97 Å². The molecule has 82 valence electrons. The van der Waals surface area contributed by atoms with Crippen LogP contribution >= 0.6 is 0 Å². The molecule has 15 heavy (non-hydrogen) atoms. The summed E-state index contributed by atoms with van der Waals surface area (Å²) in [6.45, 7) is 1.52. The van der Waals surface area contributed by atoms with E-state index in [1.165, 1.54) is 19.8 Å². The number of carbonyl (C=O) groups excluding carboxylic acids is 1. The van der Waals surface area contributed by atoms with Crippen LogP contribution in [0.2, 0.25) is 0 Å². The first kappa shape index (κ1) is 8.57. The summed E-state index contributed by atoms with van der Waals surface area (Å²) in [5.41, 5.74) is 0. The zero-order valence-electron chi connectivity index (χ0n) is 8.89. The fourth-order valence-corrected chi connectivity index (χ4v) is 4.60. The SMILES string of the molecule is CC(=O)O[C@@H]1C[C@H]2C[C@H]1[C@@H]1[C@@H]2C[C@@H]2O[C@H]12. The molecule has 0 N–H and O–H groups in total. The molecule has 3 aliphatic carbocycles. The number of hydrogen-bond donors (Lipinski definition) is 0. The molecule has 0 amide bonds. The number of esters is 1. The second-order valence-corrected chi connectivity index (χ2v) is 5.66. The van der Waals surface area contributed by atoms with E-state index in [9.17, 15) is 4.79 Å². The van der Waals surface area contributed by atoms with Gasteiger partial charge in [0.05, 0.1) is 12.2 Å². The number of carbonyl (C=O) groups is 1. The Morgan fingerprint density at radius 3 is 2.93 bits per heavy atom. The van der Waals surface area contributed by atoms with Crippen LogP contribution in [-0.4, -0.2) is 24.3 Å². The molecule has 7 atom stereocenters. The molecule has 4 aliphatic rings. The first-order valence-electron chi connectivity index (χ1n) is 6.06. The Labute approximate surface area is 89.1 Å². The van der Waals surface area contributed by atoms with E-state index in [0.29, 0.717) is 18.1 Å². The number of epoxide rings is 1. The van der Waals surface area contributed by atoms with Gasteiger partial charge in [0.15, 0.2) is 0 Å². The van der Waals surface area contributed by atoms with Crippen LogP contribution in [0.1, 0.15) is 26.2 Å². The van der Waals surface area contributed by atoms with Crippen molar-refractivity contribution < 1.29 is 14.3 Å². The van der Waals surface area contributed by atoms with Gasteiger partial charge in [-0.05, 0) is 37.0 Å². The molecule has 3 heteroatoms. The van der Waals surface area contributed by atoms with Crippen LogP contribution in [0.4, 0.5) is 0 Å². The van der Waals surface area contributed by atoms with E-state index in [-0.39, 0.29) is 12.1 Å². The summed E-state index contributed by atoms with van der Waals surface area (Å²) in [6, 6.07) is 0. The van der Waals surface area contributed by atoms with Crippen molar-refractivity contribution in [3.8, 4) is 0 Å². The molecule has 3 nitrogen and oxygen atoms in total. The first-order chi connectivity index (χ1) is 7.24. The monoisotopic (exact) mass is 208 g/mol. The third-order valence-electron chi connectivity index (χ3n) is 5.00. The molecule has 0 aromatic carbocycles. The smallest absolute Gasteiger partial charge is 0.302 e. The molecule has 1 heterocycles. The molecule has 0 spiro atoms. The zero-order valence-corrected chi connectivity index (χ0v) is 8.89. The van der Waals surface area contributed by atoms with Crippen molar-refractivity contribution in [3.05, 3.63) is 0 Å². The number of hydrogen-bond acceptors (Lipinski definition) is 3. The highest BCUT2D eigenvalue weighted by Crippen LogP contribution is 2.64. The third-order valence-corrected chi connectivity index (χ3v) is 5.00. The first-order valence-corrected chi connectivity index (χ1v) is 6.06. The molecule has 0 unspecified atom stereocenters. The Hall–Kier alpha value is -0.570. The molecule has 0 radical (unpaired) electrons. The highest BCUT2D eigenvalue weighted by molar-refractivity contribution is 5.66. The van der Waals surface area contributed by atoms with Gasteiger partial charge < -0.3 is 9.47 Å². The van der Waals surface area contributed by atoms with Gasteiger partial charge in [0.1, 0.15) is 6.10 Å². The van der Waals surface area contributed by atoms with Crippen molar-refractivity contribution in [1.29, 1.82) is 0 Å². The average molecular weight is 208 g/mol. The van der Waals surface area contributed by atoms with E-state index in [2.05, 4.69) is 0 Å². The maximum Gasteiger partial charge on any atom is 0.302 e. The molecule has 1 aliphatic heterocycles. The largest absolute Gasteiger partial charge is 0.462 e. The van der Waals surface area contributed by atoms with Crippen molar-refractivity contribution >= 4 is 5.97 Å². The topological polar surface area (TPSA) is 38.8 Å². The van der Waals surface area contributed by atoms with Gasteiger partial charge in [-0.15, -0.1) is 0 Å². The van der Waals surface area contributed by atoms with E-state index in [1.807, 2.05) is 0 Å². The summed E-state index contributed by atoms with van der Waals surface area (Å²) in [5, 5.41) is 0. The van der Waals surface area contributed by atoms with Crippen molar-refractivity contribution in [2.24, 2.45) is 23.7 Å². The highest BCUT2D eigenvalue weighted by atomic mass is 16.6. The van der Waals surface area contributed by atoms with E-state index in [4.69, 9.17) is 9.47 Å². The van der Waals surface area contributed by atoms with E-state index < -0.39 is 0 Å². The Morgan fingerprint density at radius 2 is 2.13 bits per heavy atom. The minimum absolute atomic E-state index is 0.115. The minimum Gasteiger partial charge on any atom is -0.462 e. The number of fused-ring (bicyclic) bond motifs is 7. The average Bonchev–Trinajstić information content (AvgIpc) is 2.58. The van der Waals surface area contributed by atoms with Gasteiger partial charge in [-0.2, -0.15) is 0 Å². The maximum absolute atomic E-state index is 11.0. The Balaban J connectivity index is 1.57. The predicted molar refractivity (Wildman–Crippen MR) is 52.0 cm³/mol. The molecule has 2 bridgehead atoms. The molecular formula is C12H16O3. The van der Waals surface area contributed by atoms with Crippen LogP contribution in [0.5, 0.6) is 0 Å². The Kier molecular flexibility index (Phi) is 1.47. The van der Waals surface area contributed by atoms with Crippen LogP contribution in [0.15, 0.2) is 0 Å². The zero-order chi connectivity index (χ0) is 10.2. The quantitative estimate of drug-likeness (QED) is 0.482. The lowest BCUT2D eigenvalue weighted by Crippen LogP contribution is -2.34. The lowest BCUT2D eigenvalue weighted by Gasteiger charge is -2.31. The highest BCUT2D eigenvalue weighted by Gasteiger charge is 2.67. The number of rotatable bonds is 1. The van der Waals surface area contributed by atoms with Gasteiger partial charge in [0.25, 0.3) is 0 Å². The Morgan fingerprint density at radius 1 is 1.27 bits per heavy atom. The van der Waals surface area contributed by atoms with Crippen molar-refractivity contribution in [3.63, 3.8) is 0 Å². The molecule has 4 fully saturated rings. The molecule has 3 saturated carbocycles. The summed E-state index contributed by atoms with van der Waals surface area (Å²) in [5.74, 6) is 2.93. The van der Waals surface area contributed by atoms with Gasteiger partial charge in [-0.25, -0.2) is 0 Å². The van der Waals surface area contributed by atoms with E-state index >= 15 is 0 Å².